The molecule has 1 unspecified atom stereocenters. The maximum absolute atomic E-state index is 13.3. The zero-order valence-electron chi connectivity index (χ0n) is 13.0. The van der Waals surface area contributed by atoms with Gasteiger partial charge in [-0.3, -0.25) is 4.79 Å². The van der Waals surface area contributed by atoms with Crippen LogP contribution in [0, 0.1) is 17.8 Å². The van der Waals surface area contributed by atoms with Crippen LogP contribution >= 0.6 is 23.5 Å². The highest BCUT2D eigenvalue weighted by molar-refractivity contribution is 8.20. The minimum atomic E-state index is 0.000754. The molecular formula is C19H24OS2. The predicted octanol–water partition coefficient (Wildman–Crippen LogP) is 5.10. The molecule has 0 bridgehead atoms. The van der Waals surface area contributed by atoms with Gasteiger partial charge in [0.25, 0.3) is 0 Å². The SMILES string of the molecule is O=C1C(C2(c3ccccc3)SCCS2)CC[C@H]2CCCC[C@@H]12. The maximum atomic E-state index is 13.3. The van der Waals surface area contributed by atoms with Crippen molar-refractivity contribution in [3.8, 4) is 0 Å². The smallest absolute Gasteiger partial charge is 0.141 e. The van der Waals surface area contributed by atoms with Crippen molar-refractivity contribution in [3.05, 3.63) is 35.9 Å². The number of ketones is 1. The molecule has 0 N–H and O–H groups in total. The first-order valence-corrected chi connectivity index (χ1v) is 10.7. The summed E-state index contributed by atoms with van der Waals surface area (Å²) in [6.45, 7) is 0. The number of thioether (sulfide) groups is 2. The zero-order valence-corrected chi connectivity index (χ0v) is 14.6. The number of fused-ring (bicyclic) bond motifs is 1. The van der Waals surface area contributed by atoms with Gasteiger partial charge in [0, 0.05) is 23.3 Å². The van der Waals surface area contributed by atoms with Crippen LogP contribution in [0.4, 0.5) is 0 Å². The summed E-state index contributed by atoms with van der Waals surface area (Å²) in [6, 6.07) is 10.8. The van der Waals surface area contributed by atoms with E-state index in [9.17, 15) is 4.79 Å². The molecule has 1 aromatic rings. The number of carbonyl (C=O) groups is 1. The van der Waals surface area contributed by atoms with E-state index in [0.29, 0.717) is 17.6 Å². The number of rotatable bonds is 2. The lowest BCUT2D eigenvalue weighted by molar-refractivity contribution is -0.133. The third kappa shape index (κ3) is 2.45. The second-order valence-corrected chi connectivity index (χ2v) is 9.85. The Morgan fingerprint density at radius 1 is 0.909 bits per heavy atom. The van der Waals surface area contributed by atoms with Gasteiger partial charge in [-0.1, -0.05) is 43.2 Å². The van der Waals surface area contributed by atoms with Crippen molar-refractivity contribution in [2.75, 3.05) is 11.5 Å². The van der Waals surface area contributed by atoms with E-state index < -0.39 is 0 Å². The molecule has 2 aliphatic carbocycles. The highest BCUT2D eigenvalue weighted by atomic mass is 32.2. The van der Waals surface area contributed by atoms with E-state index in [1.165, 1.54) is 42.8 Å². The number of hydrogen-bond donors (Lipinski definition) is 0. The van der Waals surface area contributed by atoms with Gasteiger partial charge in [-0.25, -0.2) is 0 Å². The minimum absolute atomic E-state index is 0.000754. The molecule has 0 aromatic heterocycles. The van der Waals surface area contributed by atoms with Gasteiger partial charge in [0.1, 0.15) is 5.78 Å². The van der Waals surface area contributed by atoms with Crippen molar-refractivity contribution in [1.29, 1.82) is 0 Å². The molecule has 0 spiro atoms. The summed E-state index contributed by atoms with van der Waals surface area (Å²) >= 11 is 4.07. The van der Waals surface area contributed by atoms with Gasteiger partial charge in [-0.2, -0.15) is 0 Å². The Morgan fingerprint density at radius 2 is 1.64 bits per heavy atom. The van der Waals surface area contributed by atoms with E-state index in [1.54, 1.807) is 0 Å². The highest BCUT2D eigenvalue weighted by Crippen LogP contribution is 2.60. The second-order valence-electron chi connectivity index (χ2n) is 6.91. The molecule has 1 aromatic carbocycles. The lowest BCUT2D eigenvalue weighted by Crippen LogP contribution is -2.44. The van der Waals surface area contributed by atoms with Crippen molar-refractivity contribution in [2.24, 2.45) is 17.8 Å². The van der Waals surface area contributed by atoms with Gasteiger partial charge in [0.05, 0.1) is 4.08 Å². The van der Waals surface area contributed by atoms with Crippen molar-refractivity contribution < 1.29 is 4.79 Å². The normalized spacial score (nSPS) is 34.4. The average molecular weight is 333 g/mol. The molecule has 3 atom stereocenters. The van der Waals surface area contributed by atoms with Crippen LogP contribution < -0.4 is 0 Å². The fourth-order valence-electron chi connectivity index (χ4n) is 4.75. The summed E-state index contributed by atoms with van der Waals surface area (Å²) < 4.78 is 0.000754. The lowest BCUT2D eigenvalue weighted by atomic mass is 9.65. The summed E-state index contributed by atoms with van der Waals surface area (Å²) in [6.07, 6.45) is 7.43. The van der Waals surface area contributed by atoms with Crippen LogP contribution in [0.25, 0.3) is 0 Å². The van der Waals surface area contributed by atoms with Crippen LogP contribution in [-0.2, 0) is 8.87 Å². The first-order chi connectivity index (χ1) is 10.8. The van der Waals surface area contributed by atoms with Gasteiger partial charge in [0.2, 0.25) is 0 Å². The molecule has 0 radical (unpaired) electrons. The molecule has 22 heavy (non-hydrogen) atoms. The van der Waals surface area contributed by atoms with Gasteiger partial charge in [-0.15, -0.1) is 23.5 Å². The van der Waals surface area contributed by atoms with Crippen molar-refractivity contribution in [1.82, 2.24) is 0 Å². The van der Waals surface area contributed by atoms with Crippen molar-refractivity contribution in [2.45, 2.75) is 42.6 Å². The summed E-state index contributed by atoms with van der Waals surface area (Å²) in [5.74, 6) is 4.25. The summed E-state index contributed by atoms with van der Waals surface area (Å²) in [4.78, 5) is 13.3. The third-order valence-electron chi connectivity index (χ3n) is 5.80. The Bertz CT molecular complexity index is 536. The molecule has 2 saturated carbocycles. The monoisotopic (exact) mass is 332 g/mol. The Morgan fingerprint density at radius 3 is 2.41 bits per heavy atom. The number of benzene rings is 1. The number of Topliss-reactive ketones (excluding diaryl/α,β-unsaturated/α-hetero) is 1. The van der Waals surface area contributed by atoms with Crippen LogP contribution in [-0.4, -0.2) is 17.3 Å². The molecule has 1 saturated heterocycles. The molecule has 1 aliphatic heterocycles. The fraction of sp³-hybridized carbons (Fsp3) is 0.632. The molecule has 3 aliphatic rings. The Balaban J connectivity index is 1.67. The largest absolute Gasteiger partial charge is 0.299 e. The van der Waals surface area contributed by atoms with E-state index in [-0.39, 0.29) is 10.00 Å². The molecular weight excluding hydrogens is 308 g/mol. The molecule has 118 valence electrons. The van der Waals surface area contributed by atoms with E-state index in [4.69, 9.17) is 0 Å². The Labute approximate surface area is 142 Å². The standard InChI is InChI=1S/C19H24OS2/c20-18-16-9-5-4-6-14(16)10-11-17(18)19(21-12-13-22-19)15-7-2-1-3-8-15/h1-3,7-8,14,16-17H,4-6,9-13H2/t14-,16-,17?/m1/s1. The topological polar surface area (TPSA) is 17.1 Å². The van der Waals surface area contributed by atoms with Gasteiger partial charge in [-0.05, 0) is 37.2 Å². The van der Waals surface area contributed by atoms with Crippen LogP contribution in [0.5, 0.6) is 0 Å². The van der Waals surface area contributed by atoms with Crippen molar-refractivity contribution in [3.63, 3.8) is 0 Å². The number of carbonyl (C=O) groups excluding carboxylic acids is 1. The van der Waals surface area contributed by atoms with Crippen LogP contribution in [0.1, 0.15) is 44.1 Å². The number of hydrogen-bond acceptors (Lipinski definition) is 3. The molecule has 1 nitrogen and oxygen atoms in total. The molecule has 3 heteroatoms. The quantitative estimate of drug-likeness (QED) is 0.749. The highest BCUT2D eigenvalue weighted by Gasteiger charge is 2.52. The molecule has 3 fully saturated rings. The van der Waals surface area contributed by atoms with Crippen molar-refractivity contribution >= 4 is 29.3 Å². The summed E-state index contributed by atoms with van der Waals surface area (Å²) in [7, 11) is 0. The van der Waals surface area contributed by atoms with Crippen LogP contribution in [0.2, 0.25) is 0 Å². The maximum Gasteiger partial charge on any atom is 0.141 e. The minimum Gasteiger partial charge on any atom is -0.299 e. The van der Waals surface area contributed by atoms with E-state index in [1.807, 2.05) is 23.5 Å². The predicted molar refractivity (Wildman–Crippen MR) is 96.2 cm³/mol. The van der Waals surface area contributed by atoms with Crippen LogP contribution in [0.3, 0.4) is 0 Å². The van der Waals surface area contributed by atoms with Gasteiger partial charge < -0.3 is 0 Å². The van der Waals surface area contributed by atoms with E-state index in [2.05, 4.69) is 30.3 Å². The molecule has 4 rings (SSSR count). The van der Waals surface area contributed by atoms with Crippen LogP contribution in [0.15, 0.2) is 30.3 Å². The average Bonchev–Trinajstić information content (AvgIpc) is 3.07. The van der Waals surface area contributed by atoms with Gasteiger partial charge in [0.15, 0.2) is 0 Å². The molecule has 1 heterocycles. The Hall–Kier alpha value is -0.410. The van der Waals surface area contributed by atoms with E-state index in [0.717, 1.165) is 12.8 Å². The first-order valence-electron chi connectivity index (χ1n) is 8.68. The molecule has 0 amide bonds. The lowest BCUT2D eigenvalue weighted by Gasteiger charge is -2.44. The van der Waals surface area contributed by atoms with Gasteiger partial charge >= 0.3 is 0 Å². The third-order valence-corrected chi connectivity index (χ3v) is 9.48. The van der Waals surface area contributed by atoms with E-state index >= 15 is 0 Å². The summed E-state index contributed by atoms with van der Waals surface area (Å²) in [5, 5.41) is 0. The second kappa shape index (κ2) is 6.24. The summed E-state index contributed by atoms with van der Waals surface area (Å²) in [5.41, 5.74) is 1.37. The fourth-order valence-corrected chi connectivity index (χ4v) is 8.34. The zero-order chi connectivity index (χ0) is 15.0. The first kappa shape index (κ1) is 15.1. The Kier molecular flexibility index (Phi) is 4.29.